The smallest absolute Gasteiger partial charge is 0.306 e. The Morgan fingerprint density at radius 2 is 2.00 bits per heavy atom. The third-order valence-electron chi connectivity index (χ3n) is 1.12. The zero-order valence-electron chi connectivity index (χ0n) is 5.66. The van der Waals surface area contributed by atoms with Crippen LogP contribution in [-0.4, -0.2) is 22.3 Å². The maximum atomic E-state index is 10.1. The van der Waals surface area contributed by atoms with Crippen LogP contribution in [0.4, 0.5) is 0 Å². The van der Waals surface area contributed by atoms with Crippen LogP contribution in [-0.2, 0) is 4.79 Å². The van der Waals surface area contributed by atoms with Crippen LogP contribution in [0.5, 0.6) is 0 Å². The zero-order chi connectivity index (χ0) is 7.44. The van der Waals surface area contributed by atoms with Crippen LogP contribution in [0.3, 0.4) is 0 Å². The van der Waals surface area contributed by atoms with E-state index in [0.717, 1.165) is 0 Å². The molecule has 0 aliphatic carbocycles. The number of rotatable bonds is 3. The summed E-state index contributed by atoms with van der Waals surface area (Å²) in [6, 6.07) is 0. The topological polar surface area (TPSA) is 57.5 Å². The van der Waals surface area contributed by atoms with Crippen LogP contribution < -0.4 is 0 Å². The fourth-order valence-corrected chi connectivity index (χ4v) is 0.612. The van der Waals surface area contributed by atoms with Crippen molar-refractivity contribution in [3.63, 3.8) is 0 Å². The molecule has 1 unspecified atom stereocenters. The molecular formula is C6H12O3. The van der Waals surface area contributed by atoms with Crippen molar-refractivity contribution in [2.24, 2.45) is 5.92 Å². The first-order valence-electron chi connectivity index (χ1n) is 2.95. The monoisotopic (exact) mass is 132 g/mol. The number of carboxylic acid groups (broad SMARTS) is 1. The molecule has 0 aliphatic rings. The molecular weight excluding hydrogens is 120 g/mol. The van der Waals surface area contributed by atoms with Gasteiger partial charge < -0.3 is 10.2 Å². The highest BCUT2D eigenvalue weighted by Gasteiger charge is 2.12. The lowest BCUT2D eigenvalue weighted by Gasteiger charge is -2.06. The SMILES string of the molecule is CC(O)C[C@H](C)C(=O)O. The molecule has 3 nitrogen and oxygen atoms in total. The molecule has 9 heavy (non-hydrogen) atoms. The summed E-state index contributed by atoms with van der Waals surface area (Å²) < 4.78 is 0. The fraction of sp³-hybridized carbons (Fsp3) is 0.833. The van der Waals surface area contributed by atoms with Crippen molar-refractivity contribution in [2.45, 2.75) is 26.4 Å². The lowest BCUT2D eigenvalue weighted by Crippen LogP contribution is -2.15. The number of hydrogen-bond acceptors (Lipinski definition) is 2. The van der Waals surface area contributed by atoms with E-state index in [2.05, 4.69) is 0 Å². The van der Waals surface area contributed by atoms with Crippen LogP contribution in [0.15, 0.2) is 0 Å². The minimum atomic E-state index is -0.851. The van der Waals surface area contributed by atoms with Gasteiger partial charge in [-0.3, -0.25) is 4.79 Å². The number of carboxylic acids is 1. The van der Waals surface area contributed by atoms with Gasteiger partial charge >= 0.3 is 5.97 Å². The van der Waals surface area contributed by atoms with Crippen molar-refractivity contribution < 1.29 is 15.0 Å². The highest BCUT2D eigenvalue weighted by Crippen LogP contribution is 2.04. The molecule has 3 heteroatoms. The van der Waals surface area contributed by atoms with Gasteiger partial charge in [-0.1, -0.05) is 6.92 Å². The van der Waals surface area contributed by atoms with E-state index in [1.807, 2.05) is 0 Å². The summed E-state index contributed by atoms with van der Waals surface area (Å²) in [4.78, 5) is 10.1. The Hall–Kier alpha value is -0.570. The average Bonchev–Trinajstić information content (AvgIpc) is 1.63. The quantitative estimate of drug-likeness (QED) is 0.587. The van der Waals surface area contributed by atoms with E-state index >= 15 is 0 Å². The zero-order valence-corrected chi connectivity index (χ0v) is 5.66. The molecule has 0 saturated carbocycles. The van der Waals surface area contributed by atoms with Gasteiger partial charge in [0, 0.05) is 0 Å². The average molecular weight is 132 g/mol. The van der Waals surface area contributed by atoms with E-state index < -0.39 is 18.0 Å². The van der Waals surface area contributed by atoms with Gasteiger partial charge in [-0.2, -0.15) is 0 Å². The Labute approximate surface area is 54.3 Å². The lowest BCUT2D eigenvalue weighted by atomic mass is 10.1. The van der Waals surface area contributed by atoms with Crippen LogP contribution in [0.2, 0.25) is 0 Å². The Balaban J connectivity index is 3.50. The molecule has 0 radical (unpaired) electrons. The molecule has 54 valence electrons. The van der Waals surface area contributed by atoms with Gasteiger partial charge in [0.05, 0.1) is 12.0 Å². The first-order chi connectivity index (χ1) is 4.04. The van der Waals surface area contributed by atoms with Crippen molar-refractivity contribution in [1.82, 2.24) is 0 Å². The molecule has 0 fully saturated rings. The Morgan fingerprint density at radius 1 is 1.56 bits per heavy atom. The summed E-state index contributed by atoms with van der Waals surface area (Å²) in [6.07, 6.45) is -0.189. The number of hydrogen-bond donors (Lipinski definition) is 2. The van der Waals surface area contributed by atoms with Gasteiger partial charge in [-0.15, -0.1) is 0 Å². The van der Waals surface area contributed by atoms with Gasteiger partial charge in [0.1, 0.15) is 0 Å². The first-order valence-corrected chi connectivity index (χ1v) is 2.95. The van der Waals surface area contributed by atoms with Crippen molar-refractivity contribution >= 4 is 5.97 Å². The Kier molecular flexibility index (Phi) is 3.24. The number of aliphatic carboxylic acids is 1. The van der Waals surface area contributed by atoms with E-state index in [-0.39, 0.29) is 0 Å². The molecule has 0 amide bonds. The lowest BCUT2D eigenvalue weighted by molar-refractivity contribution is -0.142. The van der Waals surface area contributed by atoms with Crippen LogP contribution in [0.1, 0.15) is 20.3 Å². The summed E-state index contributed by atoms with van der Waals surface area (Å²) in [5.74, 6) is -1.29. The van der Waals surface area contributed by atoms with Crippen LogP contribution in [0.25, 0.3) is 0 Å². The fourth-order valence-electron chi connectivity index (χ4n) is 0.612. The van der Waals surface area contributed by atoms with E-state index in [4.69, 9.17) is 10.2 Å². The first kappa shape index (κ1) is 8.43. The van der Waals surface area contributed by atoms with E-state index in [1.54, 1.807) is 13.8 Å². The summed E-state index contributed by atoms with van der Waals surface area (Å²) in [6.45, 7) is 3.16. The number of carbonyl (C=O) groups is 1. The molecule has 0 heterocycles. The summed E-state index contributed by atoms with van der Waals surface area (Å²) in [7, 11) is 0. The molecule has 2 atom stereocenters. The van der Waals surface area contributed by atoms with Crippen LogP contribution in [0, 0.1) is 5.92 Å². The van der Waals surface area contributed by atoms with Gasteiger partial charge in [0.15, 0.2) is 0 Å². The second-order valence-electron chi connectivity index (χ2n) is 2.32. The molecule has 0 aromatic carbocycles. The van der Waals surface area contributed by atoms with Crippen molar-refractivity contribution in [3.05, 3.63) is 0 Å². The molecule has 2 N–H and O–H groups in total. The van der Waals surface area contributed by atoms with Crippen molar-refractivity contribution in [3.8, 4) is 0 Å². The Morgan fingerprint density at radius 3 is 2.11 bits per heavy atom. The van der Waals surface area contributed by atoms with Crippen molar-refractivity contribution in [2.75, 3.05) is 0 Å². The van der Waals surface area contributed by atoms with Gasteiger partial charge in [-0.25, -0.2) is 0 Å². The molecule has 0 aromatic heterocycles. The van der Waals surface area contributed by atoms with E-state index in [1.165, 1.54) is 0 Å². The minimum Gasteiger partial charge on any atom is -0.481 e. The third-order valence-corrected chi connectivity index (χ3v) is 1.12. The molecule has 0 bridgehead atoms. The predicted octanol–water partition coefficient (Wildman–Crippen LogP) is 0.478. The standard InChI is InChI=1S/C6H12O3/c1-4(6(8)9)3-5(2)7/h4-5,7H,3H2,1-2H3,(H,8,9)/t4-,5?/m0/s1. The highest BCUT2D eigenvalue weighted by molar-refractivity contribution is 5.69. The molecule has 0 spiro atoms. The second kappa shape index (κ2) is 3.45. The largest absolute Gasteiger partial charge is 0.481 e. The summed E-state index contributed by atoms with van der Waals surface area (Å²) in [5.41, 5.74) is 0. The summed E-state index contributed by atoms with van der Waals surface area (Å²) >= 11 is 0. The molecule has 0 rings (SSSR count). The molecule has 0 aliphatic heterocycles. The predicted molar refractivity (Wildman–Crippen MR) is 33.1 cm³/mol. The maximum Gasteiger partial charge on any atom is 0.306 e. The van der Waals surface area contributed by atoms with E-state index in [0.29, 0.717) is 6.42 Å². The normalized spacial score (nSPS) is 16.8. The van der Waals surface area contributed by atoms with Gasteiger partial charge in [0.25, 0.3) is 0 Å². The van der Waals surface area contributed by atoms with Gasteiger partial charge in [-0.05, 0) is 13.3 Å². The Bertz CT molecular complexity index is 98.5. The highest BCUT2D eigenvalue weighted by atomic mass is 16.4. The summed E-state index contributed by atoms with van der Waals surface area (Å²) in [5, 5.41) is 17.0. The maximum absolute atomic E-state index is 10.1. The van der Waals surface area contributed by atoms with Crippen molar-refractivity contribution in [1.29, 1.82) is 0 Å². The van der Waals surface area contributed by atoms with E-state index in [9.17, 15) is 4.79 Å². The molecule has 0 saturated heterocycles. The minimum absolute atomic E-state index is 0.329. The number of aliphatic hydroxyl groups excluding tert-OH is 1. The molecule has 0 aromatic rings. The van der Waals surface area contributed by atoms with Gasteiger partial charge in [0.2, 0.25) is 0 Å². The number of aliphatic hydroxyl groups is 1. The van der Waals surface area contributed by atoms with Crippen LogP contribution >= 0.6 is 0 Å². The third kappa shape index (κ3) is 3.97. The second-order valence-corrected chi connectivity index (χ2v) is 2.32.